The van der Waals surface area contributed by atoms with Crippen molar-refractivity contribution in [3.63, 3.8) is 0 Å². The summed E-state index contributed by atoms with van der Waals surface area (Å²) >= 11 is 2.26. The van der Waals surface area contributed by atoms with Crippen LogP contribution in [0.1, 0.15) is 11.3 Å². The fraction of sp³-hybridized carbons (Fsp3) is 0.185. The third-order valence-electron chi connectivity index (χ3n) is 7.05. The maximum atomic E-state index is 13.4. The monoisotopic (exact) mass is 681 g/mol. The molecule has 0 unspecified atom stereocenters. The van der Waals surface area contributed by atoms with Gasteiger partial charge in [-0.3, -0.25) is 14.5 Å². The number of hydrogen-bond donors (Lipinski definition) is 7. The van der Waals surface area contributed by atoms with Gasteiger partial charge in [0.2, 0.25) is 0 Å². The van der Waals surface area contributed by atoms with Crippen molar-refractivity contribution in [3.8, 4) is 34.4 Å². The molecule has 0 aliphatic carbocycles. The fourth-order valence-corrected chi connectivity index (χ4v) is 6.69. The highest BCUT2D eigenvalue weighted by Crippen LogP contribution is 2.41. The molecule has 0 spiro atoms. The second-order valence-electron chi connectivity index (χ2n) is 10.1. The van der Waals surface area contributed by atoms with Crippen LogP contribution in [0, 0.1) is 0 Å². The number of hydrogen-bond acceptors (Lipinski definition) is 16. The maximum absolute atomic E-state index is 13.4. The van der Waals surface area contributed by atoms with E-state index in [4.69, 9.17) is 10.6 Å². The molecule has 2 atom stereocenters. The standard InChI is InChI=1S/C27H23N9O9S2/c28-27-29-14(10-47-27)19(32-45-8-11-1-3-15(37)17(39)5-11)23(41)30-20-24(42)36-21(26(43)44)13(9-46-25(20)36)7-35-22(31-33-34-35)12-2-4-16(38)18(40)6-12/h1-6,10,20,25,37-40H,7-9H2,(H2,28,29)(H,30,41)(H,43,44)/b32-19-/t20-,25-/m1/s1. The van der Waals surface area contributed by atoms with E-state index in [1.807, 2.05) is 0 Å². The van der Waals surface area contributed by atoms with Crippen molar-refractivity contribution in [1.29, 1.82) is 0 Å². The number of β-lactam (4-membered cyclic amide) rings is 1. The number of benzene rings is 2. The molecule has 2 aliphatic rings. The van der Waals surface area contributed by atoms with Gasteiger partial charge in [-0.2, -0.15) is 0 Å². The molecule has 47 heavy (non-hydrogen) atoms. The lowest BCUT2D eigenvalue weighted by Crippen LogP contribution is -2.71. The smallest absolute Gasteiger partial charge is 0.352 e. The first kappa shape index (κ1) is 31.1. The number of nitrogens with two attached hydrogens (primary N) is 1. The van der Waals surface area contributed by atoms with Gasteiger partial charge in [0, 0.05) is 16.7 Å². The molecule has 4 heterocycles. The Labute approximate surface area is 271 Å². The van der Waals surface area contributed by atoms with Crippen molar-refractivity contribution in [2.45, 2.75) is 24.6 Å². The number of oxime groups is 1. The molecule has 1 fully saturated rings. The summed E-state index contributed by atoms with van der Waals surface area (Å²) < 4.78 is 1.30. The van der Waals surface area contributed by atoms with Crippen molar-refractivity contribution < 1.29 is 44.8 Å². The molecule has 18 nitrogen and oxygen atoms in total. The van der Waals surface area contributed by atoms with Gasteiger partial charge >= 0.3 is 5.97 Å². The predicted molar refractivity (Wildman–Crippen MR) is 164 cm³/mol. The number of thioether (sulfide) groups is 1. The number of tetrazole rings is 1. The van der Waals surface area contributed by atoms with E-state index in [0.717, 1.165) is 16.2 Å². The van der Waals surface area contributed by atoms with E-state index in [1.165, 1.54) is 58.2 Å². The Balaban J connectivity index is 1.19. The van der Waals surface area contributed by atoms with Gasteiger partial charge in [-0.25, -0.2) is 14.5 Å². The largest absolute Gasteiger partial charge is 0.504 e. The molecule has 242 valence electrons. The molecule has 0 bridgehead atoms. The quantitative estimate of drug-likeness (QED) is 0.0521. The number of rotatable bonds is 10. The number of phenols is 4. The van der Waals surface area contributed by atoms with E-state index >= 15 is 0 Å². The number of thiazole rings is 1. The Morgan fingerprint density at radius 2 is 1.83 bits per heavy atom. The number of phenolic OH excluding ortho intramolecular Hbond substituents is 4. The van der Waals surface area contributed by atoms with Crippen molar-refractivity contribution in [3.05, 3.63) is 64.3 Å². The van der Waals surface area contributed by atoms with E-state index in [9.17, 15) is 39.9 Å². The number of carboxylic acids is 1. The highest BCUT2D eigenvalue weighted by atomic mass is 32.2. The Hall–Kier alpha value is -5.89. The summed E-state index contributed by atoms with van der Waals surface area (Å²) in [6.07, 6.45) is 0. The number of fused-ring (bicyclic) bond motifs is 1. The number of nitrogen functional groups attached to an aromatic ring is 1. The van der Waals surface area contributed by atoms with Gasteiger partial charge < -0.3 is 41.4 Å². The summed E-state index contributed by atoms with van der Waals surface area (Å²) in [6.45, 7) is -0.296. The van der Waals surface area contributed by atoms with Crippen LogP contribution in [0.5, 0.6) is 23.0 Å². The second-order valence-corrected chi connectivity index (χ2v) is 12.1. The predicted octanol–water partition coefficient (Wildman–Crippen LogP) is 0.561. The summed E-state index contributed by atoms with van der Waals surface area (Å²) in [5.41, 5.74) is 6.36. The zero-order chi connectivity index (χ0) is 33.4. The van der Waals surface area contributed by atoms with E-state index in [1.54, 1.807) is 0 Å². The van der Waals surface area contributed by atoms with E-state index in [2.05, 4.69) is 31.0 Å². The van der Waals surface area contributed by atoms with Crippen LogP contribution >= 0.6 is 23.1 Å². The summed E-state index contributed by atoms with van der Waals surface area (Å²) in [7, 11) is 0. The van der Waals surface area contributed by atoms with Gasteiger partial charge in [-0.05, 0) is 51.9 Å². The molecular weight excluding hydrogens is 658 g/mol. The first-order valence-corrected chi connectivity index (χ1v) is 15.4. The molecule has 2 aromatic carbocycles. The van der Waals surface area contributed by atoms with Gasteiger partial charge in [0.1, 0.15) is 29.4 Å². The van der Waals surface area contributed by atoms with Crippen LogP contribution in [0.4, 0.5) is 5.13 Å². The SMILES string of the molecule is Nc1nc(/C(=N/OCc2ccc(O)c(O)c2)C(=O)N[C@@H]2C(=O)N3C(C(=O)O)=C(Cn4nnnc4-c4ccc(O)c(O)c4)CS[C@H]23)cs1. The maximum Gasteiger partial charge on any atom is 0.352 e. The minimum Gasteiger partial charge on any atom is -0.504 e. The number of carbonyl (C=O) groups excluding carboxylic acids is 2. The van der Waals surface area contributed by atoms with Gasteiger partial charge in [-0.1, -0.05) is 11.2 Å². The molecule has 2 amide bonds. The highest BCUT2D eigenvalue weighted by molar-refractivity contribution is 8.00. The number of amides is 2. The van der Waals surface area contributed by atoms with E-state index in [0.29, 0.717) is 16.7 Å². The summed E-state index contributed by atoms with van der Waals surface area (Å²) in [5, 5.41) is 67.7. The third-order valence-corrected chi connectivity index (χ3v) is 9.06. The topological polar surface area (TPSA) is 272 Å². The molecular formula is C27H23N9O9S2. The second kappa shape index (κ2) is 12.5. The summed E-state index contributed by atoms with van der Waals surface area (Å²) in [6, 6.07) is 6.87. The van der Waals surface area contributed by atoms with E-state index < -0.39 is 34.9 Å². The Morgan fingerprint density at radius 1 is 1.09 bits per heavy atom. The van der Waals surface area contributed by atoms with E-state index in [-0.39, 0.29) is 64.2 Å². The zero-order valence-electron chi connectivity index (χ0n) is 23.7. The normalized spacial score (nSPS) is 17.7. The van der Waals surface area contributed by atoms with Crippen molar-refractivity contribution in [2.75, 3.05) is 11.5 Å². The Kier molecular flexibility index (Phi) is 8.26. The Bertz CT molecular complexity index is 1980. The number of nitrogens with zero attached hydrogens (tertiary/aromatic N) is 7. The third kappa shape index (κ3) is 6.05. The number of nitrogens with one attached hydrogen (secondary N) is 1. The van der Waals surface area contributed by atoms with Crippen molar-refractivity contribution in [2.24, 2.45) is 5.16 Å². The van der Waals surface area contributed by atoms with Crippen molar-refractivity contribution in [1.82, 2.24) is 35.4 Å². The number of aromatic hydroxyl groups is 4. The molecule has 2 aromatic heterocycles. The van der Waals surface area contributed by atoms with Crippen LogP contribution < -0.4 is 11.1 Å². The Morgan fingerprint density at radius 3 is 2.51 bits per heavy atom. The van der Waals surface area contributed by atoms with Crippen LogP contribution in [0.15, 0.2) is 58.2 Å². The molecule has 1 saturated heterocycles. The lowest BCUT2D eigenvalue weighted by atomic mass is 10.0. The molecule has 0 saturated carbocycles. The first-order valence-electron chi connectivity index (χ1n) is 13.4. The fourth-order valence-electron chi connectivity index (χ4n) is 4.81. The summed E-state index contributed by atoms with van der Waals surface area (Å²) in [5.74, 6) is -3.97. The van der Waals surface area contributed by atoms with Crippen LogP contribution in [-0.4, -0.2) is 96.3 Å². The zero-order valence-corrected chi connectivity index (χ0v) is 25.3. The number of carboxylic acid groups (broad SMARTS) is 1. The molecule has 20 heteroatoms. The lowest BCUT2D eigenvalue weighted by Gasteiger charge is -2.49. The summed E-state index contributed by atoms with van der Waals surface area (Å²) in [4.78, 5) is 49.6. The molecule has 0 radical (unpaired) electrons. The molecule has 2 aliphatic heterocycles. The van der Waals surface area contributed by atoms with Crippen LogP contribution in [0.2, 0.25) is 0 Å². The van der Waals surface area contributed by atoms with Gasteiger partial charge in [0.05, 0.1) is 6.54 Å². The van der Waals surface area contributed by atoms with Crippen LogP contribution in [-0.2, 0) is 32.4 Å². The van der Waals surface area contributed by atoms with Crippen molar-refractivity contribution >= 4 is 51.7 Å². The van der Waals surface area contributed by atoms with Crippen LogP contribution in [0.3, 0.4) is 0 Å². The highest BCUT2D eigenvalue weighted by Gasteiger charge is 2.54. The first-order chi connectivity index (χ1) is 22.5. The molecule has 8 N–H and O–H groups in total. The van der Waals surface area contributed by atoms with Crippen LogP contribution in [0.25, 0.3) is 11.4 Å². The average molecular weight is 682 g/mol. The van der Waals surface area contributed by atoms with Gasteiger partial charge in [-0.15, -0.1) is 28.2 Å². The van der Waals surface area contributed by atoms with Gasteiger partial charge in [0.25, 0.3) is 11.8 Å². The number of carbonyl (C=O) groups is 3. The average Bonchev–Trinajstić information content (AvgIpc) is 3.69. The lowest BCUT2D eigenvalue weighted by molar-refractivity contribution is -0.150. The number of anilines is 1. The number of aliphatic carboxylic acids is 1. The molecule has 4 aromatic rings. The number of aromatic nitrogens is 5. The van der Waals surface area contributed by atoms with Gasteiger partial charge in [0.15, 0.2) is 39.7 Å². The minimum absolute atomic E-state index is 0.0751. The minimum atomic E-state index is -1.37. The molecule has 6 rings (SSSR count).